The summed E-state index contributed by atoms with van der Waals surface area (Å²) in [5.74, 6) is 0.338. The maximum absolute atomic E-state index is 12.0. The van der Waals surface area contributed by atoms with Crippen molar-refractivity contribution < 1.29 is 4.79 Å². The number of hydrogen-bond donors (Lipinski definition) is 2. The van der Waals surface area contributed by atoms with Crippen LogP contribution in [-0.2, 0) is 0 Å². The summed E-state index contributed by atoms with van der Waals surface area (Å²) in [5, 5.41) is 6.62. The predicted octanol–water partition coefficient (Wildman–Crippen LogP) is 2.86. The highest BCUT2D eigenvalue weighted by molar-refractivity contribution is 6.31. The van der Waals surface area contributed by atoms with Gasteiger partial charge in [0.15, 0.2) is 0 Å². The number of carbonyl (C=O) groups excluding carboxylic acids is 1. The van der Waals surface area contributed by atoms with Gasteiger partial charge in [-0.15, -0.1) is 0 Å². The SMILES string of the molecule is Cc1ccc(Nc2cnc(C(=O)NCCCN(C)C)cn2)cc1Cl. The molecule has 128 valence electrons. The van der Waals surface area contributed by atoms with Gasteiger partial charge in [-0.3, -0.25) is 4.79 Å². The topological polar surface area (TPSA) is 70.2 Å². The zero-order valence-corrected chi connectivity index (χ0v) is 14.9. The molecule has 0 radical (unpaired) electrons. The molecule has 0 atom stereocenters. The maximum Gasteiger partial charge on any atom is 0.271 e. The van der Waals surface area contributed by atoms with E-state index in [-0.39, 0.29) is 5.91 Å². The molecule has 6 nitrogen and oxygen atoms in total. The number of nitrogens with one attached hydrogen (secondary N) is 2. The molecule has 0 fully saturated rings. The van der Waals surface area contributed by atoms with Gasteiger partial charge in [0.1, 0.15) is 11.5 Å². The van der Waals surface area contributed by atoms with Crippen molar-refractivity contribution in [2.24, 2.45) is 0 Å². The standard InChI is InChI=1S/C17H22ClN5O/c1-12-5-6-13(9-14(12)18)22-16-11-20-15(10-21-16)17(24)19-7-4-8-23(2)3/h5-6,9-11H,4,7-8H2,1-3H3,(H,19,24)(H,21,22). The summed E-state index contributed by atoms with van der Waals surface area (Å²) >= 11 is 6.09. The average molecular weight is 348 g/mol. The fraction of sp³-hybridized carbons (Fsp3) is 0.353. The van der Waals surface area contributed by atoms with Crippen LogP contribution in [0.4, 0.5) is 11.5 Å². The molecular weight excluding hydrogens is 326 g/mol. The van der Waals surface area contributed by atoms with Gasteiger partial charge in [0.2, 0.25) is 0 Å². The summed E-state index contributed by atoms with van der Waals surface area (Å²) in [6.45, 7) is 3.48. The lowest BCUT2D eigenvalue weighted by molar-refractivity contribution is 0.0947. The summed E-state index contributed by atoms with van der Waals surface area (Å²) in [4.78, 5) is 22.4. The summed E-state index contributed by atoms with van der Waals surface area (Å²) < 4.78 is 0. The van der Waals surface area contributed by atoms with E-state index in [4.69, 9.17) is 11.6 Å². The van der Waals surface area contributed by atoms with Crippen molar-refractivity contribution in [3.8, 4) is 0 Å². The van der Waals surface area contributed by atoms with Gasteiger partial charge in [0, 0.05) is 17.3 Å². The molecule has 2 N–H and O–H groups in total. The van der Waals surface area contributed by atoms with Crippen LogP contribution in [0.3, 0.4) is 0 Å². The van der Waals surface area contributed by atoms with Gasteiger partial charge in [-0.1, -0.05) is 17.7 Å². The quantitative estimate of drug-likeness (QED) is 0.754. The number of rotatable bonds is 7. The van der Waals surface area contributed by atoms with Crippen LogP contribution in [0.5, 0.6) is 0 Å². The van der Waals surface area contributed by atoms with Crippen molar-refractivity contribution in [3.05, 3.63) is 46.9 Å². The van der Waals surface area contributed by atoms with Crippen LogP contribution in [0, 0.1) is 6.92 Å². The van der Waals surface area contributed by atoms with E-state index in [1.165, 1.54) is 12.4 Å². The molecule has 0 aliphatic rings. The summed E-state index contributed by atoms with van der Waals surface area (Å²) in [6.07, 6.45) is 3.88. The first-order valence-corrected chi connectivity index (χ1v) is 8.11. The van der Waals surface area contributed by atoms with Crippen LogP contribution in [0.2, 0.25) is 5.02 Å². The Bertz CT molecular complexity index is 688. The molecule has 2 aromatic rings. The van der Waals surface area contributed by atoms with Gasteiger partial charge in [0.25, 0.3) is 5.91 Å². The molecule has 0 aliphatic carbocycles. The number of anilines is 2. The molecular formula is C17H22ClN5O. The Morgan fingerprint density at radius 3 is 2.67 bits per heavy atom. The first-order valence-electron chi connectivity index (χ1n) is 7.74. The first kappa shape index (κ1) is 18.2. The van der Waals surface area contributed by atoms with Gasteiger partial charge in [-0.05, 0) is 51.7 Å². The van der Waals surface area contributed by atoms with Crippen molar-refractivity contribution in [3.63, 3.8) is 0 Å². The van der Waals surface area contributed by atoms with E-state index in [0.717, 1.165) is 24.2 Å². The lowest BCUT2D eigenvalue weighted by Gasteiger charge is -2.10. The zero-order valence-electron chi connectivity index (χ0n) is 14.1. The predicted molar refractivity (Wildman–Crippen MR) is 97.0 cm³/mol. The average Bonchev–Trinajstić information content (AvgIpc) is 2.55. The van der Waals surface area contributed by atoms with E-state index in [2.05, 4.69) is 25.5 Å². The normalized spacial score (nSPS) is 10.7. The first-order chi connectivity index (χ1) is 11.5. The number of aromatic nitrogens is 2. The minimum Gasteiger partial charge on any atom is -0.351 e. The second-order valence-corrected chi connectivity index (χ2v) is 6.20. The third-order valence-corrected chi connectivity index (χ3v) is 3.80. The van der Waals surface area contributed by atoms with Gasteiger partial charge >= 0.3 is 0 Å². The summed E-state index contributed by atoms with van der Waals surface area (Å²) in [6, 6.07) is 5.66. The number of halogens is 1. The maximum atomic E-state index is 12.0. The lowest BCUT2D eigenvalue weighted by atomic mass is 10.2. The molecule has 1 heterocycles. The monoisotopic (exact) mass is 347 g/mol. The molecule has 24 heavy (non-hydrogen) atoms. The van der Waals surface area contributed by atoms with Gasteiger partial charge < -0.3 is 15.5 Å². The van der Waals surface area contributed by atoms with Crippen molar-refractivity contribution >= 4 is 29.0 Å². The second-order valence-electron chi connectivity index (χ2n) is 5.79. The molecule has 0 saturated carbocycles. The number of hydrogen-bond acceptors (Lipinski definition) is 5. The largest absolute Gasteiger partial charge is 0.351 e. The lowest BCUT2D eigenvalue weighted by Crippen LogP contribution is -2.27. The number of nitrogens with zero attached hydrogens (tertiary/aromatic N) is 3. The third kappa shape index (κ3) is 5.47. The van der Waals surface area contributed by atoms with E-state index in [0.29, 0.717) is 23.1 Å². The molecule has 1 aromatic heterocycles. The highest BCUT2D eigenvalue weighted by Gasteiger charge is 2.08. The fourth-order valence-corrected chi connectivity index (χ4v) is 2.20. The highest BCUT2D eigenvalue weighted by Crippen LogP contribution is 2.22. The van der Waals surface area contributed by atoms with Crippen molar-refractivity contribution in [2.45, 2.75) is 13.3 Å². The molecule has 7 heteroatoms. The Kier molecular flexibility index (Phi) is 6.52. The van der Waals surface area contributed by atoms with E-state index in [1.807, 2.05) is 39.2 Å². The molecule has 2 rings (SSSR count). The molecule has 1 aromatic carbocycles. The smallest absolute Gasteiger partial charge is 0.271 e. The van der Waals surface area contributed by atoms with Crippen molar-refractivity contribution in [1.29, 1.82) is 0 Å². The molecule has 1 amide bonds. The van der Waals surface area contributed by atoms with Crippen LogP contribution in [0.15, 0.2) is 30.6 Å². The number of aryl methyl sites for hydroxylation is 1. The van der Waals surface area contributed by atoms with E-state index in [1.54, 1.807) is 0 Å². The number of benzene rings is 1. The van der Waals surface area contributed by atoms with Crippen LogP contribution in [-0.4, -0.2) is 48.0 Å². The minimum atomic E-state index is -0.216. The van der Waals surface area contributed by atoms with E-state index >= 15 is 0 Å². The Balaban J connectivity index is 1.90. The number of amides is 1. The fourth-order valence-electron chi connectivity index (χ4n) is 2.02. The Morgan fingerprint density at radius 1 is 1.25 bits per heavy atom. The highest BCUT2D eigenvalue weighted by atomic mass is 35.5. The Hall–Kier alpha value is -2.18. The molecule has 0 unspecified atom stereocenters. The third-order valence-electron chi connectivity index (χ3n) is 3.40. The van der Waals surface area contributed by atoms with Gasteiger partial charge in [-0.25, -0.2) is 9.97 Å². The number of carbonyl (C=O) groups is 1. The second kappa shape index (κ2) is 8.61. The Labute approximate surface area is 147 Å². The summed E-state index contributed by atoms with van der Waals surface area (Å²) in [5.41, 5.74) is 2.13. The molecule has 0 aliphatic heterocycles. The van der Waals surface area contributed by atoms with Crippen molar-refractivity contribution in [1.82, 2.24) is 20.2 Å². The minimum absolute atomic E-state index is 0.216. The van der Waals surface area contributed by atoms with Crippen LogP contribution in [0.25, 0.3) is 0 Å². The van der Waals surface area contributed by atoms with E-state index < -0.39 is 0 Å². The zero-order chi connectivity index (χ0) is 17.5. The van der Waals surface area contributed by atoms with Gasteiger partial charge in [0.05, 0.1) is 12.4 Å². The van der Waals surface area contributed by atoms with Gasteiger partial charge in [-0.2, -0.15) is 0 Å². The molecule has 0 spiro atoms. The molecule has 0 bridgehead atoms. The van der Waals surface area contributed by atoms with Crippen LogP contribution in [0.1, 0.15) is 22.5 Å². The van der Waals surface area contributed by atoms with Crippen molar-refractivity contribution in [2.75, 3.05) is 32.5 Å². The Morgan fingerprint density at radius 2 is 2.04 bits per heavy atom. The summed E-state index contributed by atoms with van der Waals surface area (Å²) in [7, 11) is 4.00. The van der Waals surface area contributed by atoms with Crippen LogP contribution >= 0.6 is 11.6 Å². The van der Waals surface area contributed by atoms with E-state index in [9.17, 15) is 4.79 Å². The molecule has 0 saturated heterocycles. The van der Waals surface area contributed by atoms with Crippen LogP contribution < -0.4 is 10.6 Å².